The lowest BCUT2D eigenvalue weighted by atomic mass is 10.0. The molecule has 9 rings (SSSR count). The maximum Gasteiger partial charge on any atom is 0.124 e. The quantitative estimate of drug-likeness (QED) is 0.211. The van der Waals surface area contributed by atoms with Gasteiger partial charge in [-0.05, 0) is 53.6 Å². The summed E-state index contributed by atoms with van der Waals surface area (Å²) in [5, 5.41) is 6.19. The van der Waals surface area contributed by atoms with Crippen LogP contribution in [0, 0.1) is 0 Å². The molecule has 0 fully saturated rings. The first kappa shape index (κ1) is 23.0. The highest BCUT2D eigenvalue weighted by atomic mass is 32.1. The van der Waals surface area contributed by atoms with E-state index in [1.54, 1.807) is 11.3 Å². The second-order valence-corrected chi connectivity index (χ2v) is 12.5. The third-order valence-electron chi connectivity index (χ3n) is 8.05. The number of hydrogen-bond donors (Lipinski definition) is 0. The smallest absolute Gasteiger partial charge is 0.124 e. The number of hydrogen-bond acceptors (Lipinski definition) is 3. The van der Waals surface area contributed by atoms with Crippen molar-refractivity contribution in [2.45, 2.75) is 0 Å². The van der Waals surface area contributed by atoms with Crippen molar-refractivity contribution in [1.82, 2.24) is 9.55 Å². The van der Waals surface area contributed by atoms with Crippen molar-refractivity contribution in [1.29, 1.82) is 0 Å². The lowest BCUT2D eigenvalue weighted by molar-refractivity contribution is 1.18. The molecule has 41 heavy (non-hydrogen) atoms. The van der Waals surface area contributed by atoms with Crippen molar-refractivity contribution in [3.8, 4) is 27.4 Å². The van der Waals surface area contributed by atoms with Crippen molar-refractivity contribution in [2.75, 3.05) is 0 Å². The van der Waals surface area contributed by atoms with E-state index in [1.807, 2.05) is 11.3 Å². The maximum absolute atomic E-state index is 5.17. The van der Waals surface area contributed by atoms with Gasteiger partial charge in [0.25, 0.3) is 0 Å². The predicted molar refractivity (Wildman–Crippen MR) is 178 cm³/mol. The van der Waals surface area contributed by atoms with Crippen molar-refractivity contribution < 1.29 is 0 Å². The van der Waals surface area contributed by atoms with Crippen LogP contribution in [0.15, 0.2) is 133 Å². The molecule has 0 aliphatic rings. The summed E-state index contributed by atoms with van der Waals surface area (Å²) in [6, 6.07) is 48.2. The first-order chi connectivity index (χ1) is 20.3. The maximum atomic E-state index is 5.17. The molecule has 0 N–H and O–H groups in total. The molecule has 0 spiro atoms. The molecule has 3 heterocycles. The topological polar surface area (TPSA) is 17.8 Å². The zero-order valence-electron chi connectivity index (χ0n) is 21.9. The highest BCUT2D eigenvalue weighted by Gasteiger charge is 2.15. The highest BCUT2D eigenvalue weighted by molar-refractivity contribution is 7.26. The standard InChI is InChI=1S/C37H22N2S2/c1-2-8-26(9-3-1)39-30-12-6-4-10-27(30)28-19-18-25(22-31(28)39)23-14-16-24(17-15-23)37-38-36-34(41-37)21-20-33-35(36)29-11-5-7-13-32(29)40-33/h1-22H. The normalized spacial score (nSPS) is 11.9. The zero-order valence-corrected chi connectivity index (χ0v) is 23.5. The van der Waals surface area contributed by atoms with Crippen LogP contribution in [0.5, 0.6) is 0 Å². The summed E-state index contributed by atoms with van der Waals surface area (Å²) >= 11 is 3.62. The molecule has 0 unspecified atom stereocenters. The monoisotopic (exact) mass is 558 g/mol. The van der Waals surface area contributed by atoms with E-state index in [0.29, 0.717) is 0 Å². The fourth-order valence-electron chi connectivity index (χ4n) is 6.14. The molecule has 0 saturated carbocycles. The van der Waals surface area contributed by atoms with E-state index in [2.05, 4.69) is 138 Å². The Morgan fingerprint density at radius 2 is 1.15 bits per heavy atom. The van der Waals surface area contributed by atoms with Gasteiger partial charge in [0, 0.05) is 42.2 Å². The second kappa shape index (κ2) is 8.87. The molecule has 6 aromatic carbocycles. The molecule has 0 bridgehead atoms. The third kappa shape index (κ3) is 3.51. The van der Waals surface area contributed by atoms with Gasteiger partial charge in [-0.15, -0.1) is 22.7 Å². The van der Waals surface area contributed by atoms with E-state index >= 15 is 0 Å². The summed E-state index contributed by atoms with van der Waals surface area (Å²) < 4.78 is 6.23. The van der Waals surface area contributed by atoms with Gasteiger partial charge in [-0.3, -0.25) is 0 Å². The van der Waals surface area contributed by atoms with Gasteiger partial charge < -0.3 is 4.57 Å². The van der Waals surface area contributed by atoms with Crippen LogP contribution in [0.3, 0.4) is 0 Å². The summed E-state index contributed by atoms with van der Waals surface area (Å²) in [5.74, 6) is 0. The lowest BCUT2D eigenvalue weighted by Gasteiger charge is -2.09. The molecule has 4 heteroatoms. The largest absolute Gasteiger partial charge is 0.309 e. The molecule has 0 atom stereocenters. The second-order valence-electron chi connectivity index (χ2n) is 10.4. The average molecular weight is 559 g/mol. The Balaban J connectivity index is 1.15. The van der Waals surface area contributed by atoms with Gasteiger partial charge in [-0.2, -0.15) is 0 Å². The number of fused-ring (bicyclic) bond motifs is 8. The summed E-state index contributed by atoms with van der Waals surface area (Å²) in [7, 11) is 0. The Bertz CT molecular complexity index is 2410. The minimum Gasteiger partial charge on any atom is -0.309 e. The predicted octanol–water partition coefficient (Wildman–Crippen LogP) is 11.1. The first-order valence-electron chi connectivity index (χ1n) is 13.7. The Kier molecular flexibility index (Phi) is 4.97. The number of nitrogens with zero attached hydrogens (tertiary/aromatic N) is 2. The number of thiazole rings is 1. The van der Waals surface area contributed by atoms with Crippen LogP contribution in [0.1, 0.15) is 0 Å². The van der Waals surface area contributed by atoms with Gasteiger partial charge in [0.05, 0.1) is 21.3 Å². The van der Waals surface area contributed by atoms with Crippen molar-refractivity contribution in [2.24, 2.45) is 0 Å². The fraction of sp³-hybridized carbons (Fsp3) is 0. The third-order valence-corrected chi connectivity index (χ3v) is 10.3. The van der Waals surface area contributed by atoms with Crippen LogP contribution < -0.4 is 0 Å². The molecular formula is C37H22N2S2. The van der Waals surface area contributed by atoms with E-state index in [1.165, 1.54) is 63.5 Å². The average Bonchev–Trinajstić information content (AvgIpc) is 3.72. The molecule has 0 radical (unpaired) electrons. The Morgan fingerprint density at radius 1 is 0.463 bits per heavy atom. The van der Waals surface area contributed by atoms with E-state index in [4.69, 9.17) is 4.98 Å². The molecule has 0 saturated heterocycles. The molecule has 0 aliphatic carbocycles. The van der Waals surface area contributed by atoms with Crippen LogP contribution in [-0.4, -0.2) is 9.55 Å². The Hall–Kier alpha value is -4.77. The summed E-state index contributed by atoms with van der Waals surface area (Å²) in [6.07, 6.45) is 0. The molecule has 3 aromatic heterocycles. The summed E-state index contributed by atoms with van der Waals surface area (Å²) in [6.45, 7) is 0. The van der Waals surface area contributed by atoms with Gasteiger partial charge in [0.15, 0.2) is 0 Å². The molecule has 9 aromatic rings. The molecule has 192 valence electrons. The van der Waals surface area contributed by atoms with E-state index < -0.39 is 0 Å². The SMILES string of the molecule is c1ccc(-n2c3ccccc3c3ccc(-c4ccc(-c5nc6c(ccc7sc8ccccc8c76)s5)cc4)cc32)cc1. The van der Waals surface area contributed by atoms with Gasteiger partial charge in [0.1, 0.15) is 5.01 Å². The molecule has 0 aliphatic heterocycles. The summed E-state index contributed by atoms with van der Waals surface area (Å²) in [4.78, 5) is 5.17. The van der Waals surface area contributed by atoms with Crippen molar-refractivity contribution in [3.63, 3.8) is 0 Å². The highest BCUT2D eigenvalue weighted by Crippen LogP contribution is 2.42. The Morgan fingerprint density at radius 3 is 2.02 bits per heavy atom. The van der Waals surface area contributed by atoms with Crippen molar-refractivity contribution >= 4 is 74.9 Å². The van der Waals surface area contributed by atoms with Crippen LogP contribution in [-0.2, 0) is 0 Å². The Labute approximate surface area is 244 Å². The van der Waals surface area contributed by atoms with Crippen LogP contribution in [0.25, 0.3) is 79.6 Å². The number of aromatic nitrogens is 2. The molecule has 0 amide bonds. The number of thiophene rings is 1. The van der Waals surface area contributed by atoms with Crippen LogP contribution in [0.2, 0.25) is 0 Å². The molecule has 2 nitrogen and oxygen atoms in total. The minimum absolute atomic E-state index is 1.06. The van der Waals surface area contributed by atoms with Gasteiger partial charge in [0.2, 0.25) is 0 Å². The van der Waals surface area contributed by atoms with Crippen molar-refractivity contribution in [3.05, 3.63) is 133 Å². The lowest BCUT2D eigenvalue weighted by Crippen LogP contribution is -1.93. The fourth-order valence-corrected chi connectivity index (χ4v) is 8.22. The minimum atomic E-state index is 1.06. The van der Waals surface area contributed by atoms with E-state index in [-0.39, 0.29) is 0 Å². The van der Waals surface area contributed by atoms with Gasteiger partial charge in [-0.25, -0.2) is 4.98 Å². The number of benzene rings is 6. The van der Waals surface area contributed by atoms with Gasteiger partial charge in [-0.1, -0.05) is 91.0 Å². The van der Waals surface area contributed by atoms with Gasteiger partial charge >= 0.3 is 0 Å². The first-order valence-corrected chi connectivity index (χ1v) is 15.4. The van der Waals surface area contributed by atoms with Crippen LogP contribution >= 0.6 is 22.7 Å². The number of para-hydroxylation sites is 2. The summed E-state index contributed by atoms with van der Waals surface area (Å²) in [5.41, 5.74) is 8.30. The van der Waals surface area contributed by atoms with E-state index in [0.717, 1.165) is 16.1 Å². The number of rotatable bonds is 3. The van der Waals surface area contributed by atoms with E-state index in [9.17, 15) is 0 Å². The zero-order chi connectivity index (χ0) is 26.9. The van der Waals surface area contributed by atoms with Crippen LogP contribution in [0.4, 0.5) is 0 Å². The molecular weight excluding hydrogens is 537 g/mol.